The van der Waals surface area contributed by atoms with Gasteiger partial charge in [0.05, 0.1) is 0 Å². The average Bonchev–Trinajstić information content (AvgIpc) is 2.41. The molecule has 100 valence electrons. The lowest BCUT2D eigenvalue weighted by molar-refractivity contribution is 0.205. The van der Waals surface area contributed by atoms with Gasteiger partial charge in [-0.1, -0.05) is 41.4 Å². The standard InChI is InChI=1S/C16H24BrN/c1-3-12-6-9-16(18-2)14(10-12)11-13-4-7-15(17)8-5-13/h4-5,7-8,12,14,16,18H,3,6,9-11H2,1-2H3. The normalized spacial score (nSPS) is 28.3. The maximum absolute atomic E-state index is 3.52. The molecule has 1 aliphatic carbocycles. The maximum atomic E-state index is 3.52. The van der Waals surface area contributed by atoms with Crippen LogP contribution < -0.4 is 5.32 Å². The van der Waals surface area contributed by atoms with Crippen LogP contribution in [0.3, 0.4) is 0 Å². The number of halogens is 1. The summed E-state index contributed by atoms with van der Waals surface area (Å²) in [4.78, 5) is 0. The lowest BCUT2D eigenvalue weighted by atomic mass is 9.74. The van der Waals surface area contributed by atoms with Crippen molar-refractivity contribution in [2.24, 2.45) is 11.8 Å². The van der Waals surface area contributed by atoms with Crippen molar-refractivity contribution in [1.82, 2.24) is 5.32 Å². The predicted molar refractivity (Wildman–Crippen MR) is 81.8 cm³/mol. The van der Waals surface area contributed by atoms with Crippen molar-refractivity contribution in [3.63, 3.8) is 0 Å². The molecule has 3 atom stereocenters. The van der Waals surface area contributed by atoms with Gasteiger partial charge in [-0.25, -0.2) is 0 Å². The summed E-state index contributed by atoms with van der Waals surface area (Å²) >= 11 is 3.50. The molecule has 0 aromatic heterocycles. The van der Waals surface area contributed by atoms with Crippen molar-refractivity contribution in [3.05, 3.63) is 34.3 Å². The third kappa shape index (κ3) is 3.58. The van der Waals surface area contributed by atoms with E-state index in [2.05, 4.69) is 59.5 Å². The molecule has 0 amide bonds. The first kappa shape index (κ1) is 14.1. The molecule has 0 heterocycles. The van der Waals surface area contributed by atoms with Crippen LogP contribution in [-0.4, -0.2) is 13.1 Å². The van der Waals surface area contributed by atoms with E-state index in [1.165, 1.54) is 42.1 Å². The van der Waals surface area contributed by atoms with Crippen LogP contribution in [0.25, 0.3) is 0 Å². The smallest absolute Gasteiger partial charge is 0.0175 e. The first-order valence-electron chi connectivity index (χ1n) is 7.14. The molecule has 0 saturated heterocycles. The van der Waals surface area contributed by atoms with Crippen LogP contribution in [0.1, 0.15) is 38.2 Å². The summed E-state index contributed by atoms with van der Waals surface area (Å²) in [6, 6.07) is 9.53. The van der Waals surface area contributed by atoms with E-state index in [4.69, 9.17) is 0 Å². The quantitative estimate of drug-likeness (QED) is 0.869. The Hall–Kier alpha value is -0.340. The van der Waals surface area contributed by atoms with Crippen molar-refractivity contribution in [3.8, 4) is 0 Å². The highest BCUT2D eigenvalue weighted by Crippen LogP contribution is 2.33. The third-order valence-corrected chi connectivity index (χ3v) is 4.98. The van der Waals surface area contributed by atoms with Crippen molar-refractivity contribution < 1.29 is 0 Å². The van der Waals surface area contributed by atoms with Gasteiger partial charge in [-0.05, 0) is 62.3 Å². The van der Waals surface area contributed by atoms with E-state index in [-0.39, 0.29) is 0 Å². The zero-order valence-electron chi connectivity index (χ0n) is 11.5. The van der Waals surface area contributed by atoms with E-state index in [0.29, 0.717) is 6.04 Å². The monoisotopic (exact) mass is 309 g/mol. The molecule has 1 fully saturated rings. The summed E-state index contributed by atoms with van der Waals surface area (Å²) in [5.41, 5.74) is 1.47. The second-order valence-corrected chi connectivity index (χ2v) is 6.49. The van der Waals surface area contributed by atoms with Gasteiger partial charge in [0.15, 0.2) is 0 Å². The number of rotatable bonds is 4. The molecule has 1 aromatic carbocycles. The largest absolute Gasteiger partial charge is 0.317 e. The molecule has 0 bridgehead atoms. The van der Waals surface area contributed by atoms with E-state index < -0.39 is 0 Å². The molecule has 1 nitrogen and oxygen atoms in total. The number of hydrogen-bond acceptors (Lipinski definition) is 1. The molecule has 1 aliphatic rings. The van der Waals surface area contributed by atoms with Crippen LogP contribution in [0.4, 0.5) is 0 Å². The average molecular weight is 310 g/mol. The highest BCUT2D eigenvalue weighted by Gasteiger charge is 2.28. The van der Waals surface area contributed by atoms with Gasteiger partial charge < -0.3 is 5.32 Å². The second kappa shape index (κ2) is 6.72. The molecule has 0 aliphatic heterocycles. The summed E-state index contributed by atoms with van der Waals surface area (Å²) in [5, 5.41) is 3.52. The molecule has 1 aromatic rings. The molecule has 18 heavy (non-hydrogen) atoms. The van der Waals surface area contributed by atoms with Crippen LogP contribution in [0, 0.1) is 11.8 Å². The van der Waals surface area contributed by atoms with E-state index >= 15 is 0 Å². The Kier molecular flexibility index (Phi) is 5.25. The van der Waals surface area contributed by atoms with Gasteiger partial charge in [0, 0.05) is 10.5 Å². The van der Waals surface area contributed by atoms with Gasteiger partial charge in [0.25, 0.3) is 0 Å². The van der Waals surface area contributed by atoms with Gasteiger partial charge in [-0.15, -0.1) is 0 Å². The van der Waals surface area contributed by atoms with Crippen LogP contribution in [0.5, 0.6) is 0 Å². The Morgan fingerprint density at radius 3 is 2.56 bits per heavy atom. The fourth-order valence-electron chi connectivity index (χ4n) is 3.26. The topological polar surface area (TPSA) is 12.0 Å². The molecule has 2 heteroatoms. The van der Waals surface area contributed by atoms with Crippen LogP contribution in [0.15, 0.2) is 28.7 Å². The fourth-order valence-corrected chi connectivity index (χ4v) is 3.53. The first-order valence-corrected chi connectivity index (χ1v) is 7.94. The number of benzene rings is 1. The highest BCUT2D eigenvalue weighted by atomic mass is 79.9. The van der Waals surface area contributed by atoms with Crippen LogP contribution in [0.2, 0.25) is 0 Å². The zero-order chi connectivity index (χ0) is 13.0. The minimum Gasteiger partial charge on any atom is -0.317 e. The summed E-state index contributed by atoms with van der Waals surface area (Å²) in [7, 11) is 2.12. The number of hydrogen-bond donors (Lipinski definition) is 1. The van der Waals surface area contributed by atoms with Crippen molar-refractivity contribution in [2.45, 2.75) is 45.1 Å². The lowest BCUT2D eigenvalue weighted by Crippen LogP contribution is -2.39. The highest BCUT2D eigenvalue weighted by molar-refractivity contribution is 9.10. The molecule has 0 spiro atoms. The van der Waals surface area contributed by atoms with Crippen molar-refractivity contribution in [1.29, 1.82) is 0 Å². The molecular weight excluding hydrogens is 286 g/mol. The van der Waals surface area contributed by atoms with Crippen molar-refractivity contribution in [2.75, 3.05) is 7.05 Å². The van der Waals surface area contributed by atoms with Gasteiger partial charge >= 0.3 is 0 Å². The van der Waals surface area contributed by atoms with Crippen LogP contribution in [-0.2, 0) is 6.42 Å². The fraction of sp³-hybridized carbons (Fsp3) is 0.625. The Labute approximate surface area is 119 Å². The summed E-state index contributed by atoms with van der Waals surface area (Å²) in [6.45, 7) is 2.33. The van der Waals surface area contributed by atoms with E-state index in [1.54, 1.807) is 0 Å². The van der Waals surface area contributed by atoms with E-state index in [9.17, 15) is 0 Å². The minimum absolute atomic E-state index is 0.705. The Morgan fingerprint density at radius 2 is 1.94 bits per heavy atom. The molecule has 0 radical (unpaired) electrons. The van der Waals surface area contributed by atoms with Crippen molar-refractivity contribution >= 4 is 15.9 Å². The Morgan fingerprint density at radius 1 is 1.22 bits per heavy atom. The molecule has 2 rings (SSSR count). The molecular formula is C16H24BrN. The summed E-state index contributed by atoms with van der Waals surface area (Å²) in [5.74, 6) is 1.74. The Balaban J connectivity index is 2.02. The van der Waals surface area contributed by atoms with Gasteiger partial charge in [0.2, 0.25) is 0 Å². The first-order chi connectivity index (χ1) is 8.72. The Bertz CT molecular complexity index is 360. The predicted octanol–water partition coefficient (Wildman–Crippen LogP) is 4.41. The SMILES string of the molecule is CCC1CCC(NC)C(Cc2ccc(Br)cc2)C1. The molecule has 1 N–H and O–H groups in total. The summed E-state index contributed by atoms with van der Waals surface area (Å²) < 4.78 is 1.17. The maximum Gasteiger partial charge on any atom is 0.0175 e. The second-order valence-electron chi connectivity index (χ2n) is 5.57. The number of nitrogens with one attached hydrogen (secondary N) is 1. The van der Waals surface area contributed by atoms with E-state index in [1.807, 2.05) is 0 Å². The van der Waals surface area contributed by atoms with Gasteiger partial charge in [-0.3, -0.25) is 0 Å². The lowest BCUT2D eigenvalue weighted by Gasteiger charge is -2.36. The summed E-state index contributed by atoms with van der Waals surface area (Å²) in [6.07, 6.45) is 6.69. The zero-order valence-corrected chi connectivity index (χ0v) is 13.0. The minimum atomic E-state index is 0.705. The van der Waals surface area contributed by atoms with Gasteiger partial charge in [0.1, 0.15) is 0 Å². The molecule has 1 saturated carbocycles. The molecule has 3 unspecified atom stereocenters. The third-order valence-electron chi connectivity index (χ3n) is 4.45. The van der Waals surface area contributed by atoms with E-state index in [0.717, 1.165) is 11.8 Å². The van der Waals surface area contributed by atoms with Gasteiger partial charge in [-0.2, -0.15) is 0 Å². The van der Waals surface area contributed by atoms with Crippen LogP contribution >= 0.6 is 15.9 Å².